The predicted octanol–water partition coefficient (Wildman–Crippen LogP) is 1.02. The Balaban J connectivity index is 1.95. The Kier molecular flexibility index (Phi) is 5.41. The number of nitriles is 1. The fourth-order valence-corrected chi connectivity index (χ4v) is 5.15. The fourth-order valence-electron chi connectivity index (χ4n) is 3.40. The van der Waals surface area contributed by atoms with E-state index in [4.69, 9.17) is 5.26 Å². The maximum atomic E-state index is 13.1. The van der Waals surface area contributed by atoms with E-state index in [2.05, 4.69) is 6.07 Å². The van der Waals surface area contributed by atoms with Gasteiger partial charge in [0.05, 0.1) is 23.2 Å². The molecule has 0 aliphatic carbocycles. The highest BCUT2D eigenvalue weighted by Crippen LogP contribution is 2.33. The highest BCUT2D eigenvalue weighted by atomic mass is 32.2. The number of nitro groups is 1. The third kappa shape index (κ3) is 3.65. The molecule has 2 heterocycles. The van der Waals surface area contributed by atoms with E-state index in [1.807, 2.05) is 9.80 Å². The van der Waals surface area contributed by atoms with Crippen LogP contribution < -0.4 is 4.90 Å². The van der Waals surface area contributed by atoms with Gasteiger partial charge in [0.15, 0.2) is 0 Å². The number of non-ortho nitro benzene ring substituents is 1. The summed E-state index contributed by atoms with van der Waals surface area (Å²) in [7, 11) is -3.78. The van der Waals surface area contributed by atoms with Gasteiger partial charge in [-0.25, -0.2) is 8.42 Å². The lowest BCUT2D eigenvalue weighted by atomic mass is 10.2. The molecule has 10 heteroatoms. The van der Waals surface area contributed by atoms with Crippen LogP contribution in [-0.4, -0.2) is 68.4 Å². The van der Waals surface area contributed by atoms with Crippen molar-refractivity contribution in [1.29, 1.82) is 5.26 Å². The molecule has 9 nitrogen and oxygen atoms in total. The van der Waals surface area contributed by atoms with Crippen LogP contribution in [0, 0.1) is 21.4 Å². The van der Waals surface area contributed by atoms with E-state index < -0.39 is 14.9 Å². The second kappa shape index (κ2) is 7.57. The third-order valence-electron chi connectivity index (χ3n) is 4.84. The quantitative estimate of drug-likeness (QED) is 0.427. The molecule has 2 fully saturated rings. The summed E-state index contributed by atoms with van der Waals surface area (Å²) >= 11 is 0. The fraction of sp³-hybridized carbons (Fsp3) is 0.562. The molecule has 140 valence electrons. The zero-order chi connectivity index (χ0) is 18.7. The van der Waals surface area contributed by atoms with Crippen molar-refractivity contribution < 1.29 is 13.3 Å². The predicted molar refractivity (Wildman–Crippen MR) is 95.4 cm³/mol. The molecule has 0 amide bonds. The van der Waals surface area contributed by atoms with Gasteiger partial charge in [-0.15, -0.1) is 0 Å². The minimum Gasteiger partial charge on any atom is -0.368 e. The number of sulfonamides is 1. The summed E-state index contributed by atoms with van der Waals surface area (Å²) in [6.07, 6.45) is 1.60. The van der Waals surface area contributed by atoms with E-state index in [1.54, 1.807) is 0 Å². The smallest absolute Gasteiger partial charge is 0.270 e. The van der Waals surface area contributed by atoms with Gasteiger partial charge in [0, 0.05) is 51.4 Å². The molecule has 0 N–H and O–H groups in total. The van der Waals surface area contributed by atoms with Crippen LogP contribution in [0.4, 0.5) is 11.4 Å². The number of nitrogens with zero attached hydrogens (tertiary/aromatic N) is 5. The van der Waals surface area contributed by atoms with Crippen LogP contribution in [-0.2, 0) is 10.0 Å². The number of hydrogen-bond acceptors (Lipinski definition) is 7. The molecule has 0 bridgehead atoms. The Morgan fingerprint density at radius 1 is 1.12 bits per heavy atom. The lowest BCUT2D eigenvalue weighted by Crippen LogP contribution is -2.47. The zero-order valence-corrected chi connectivity index (χ0v) is 15.2. The lowest BCUT2D eigenvalue weighted by molar-refractivity contribution is -0.385. The van der Waals surface area contributed by atoms with Crippen molar-refractivity contribution in [2.45, 2.75) is 17.7 Å². The molecule has 2 aliphatic heterocycles. The molecule has 0 aromatic heterocycles. The van der Waals surface area contributed by atoms with Gasteiger partial charge in [0.1, 0.15) is 4.90 Å². The van der Waals surface area contributed by atoms with Crippen molar-refractivity contribution in [3.63, 3.8) is 0 Å². The van der Waals surface area contributed by atoms with E-state index in [0.29, 0.717) is 51.5 Å². The van der Waals surface area contributed by atoms with Crippen molar-refractivity contribution in [2.24, 2.45) is 0 Å². The van der Waals surface area contributed by atoms with Gasteiger partial charge in [-0.05, 0) is 18.9 Å². The van der Waals surface area contributed by atoms with E-state index in [1.165, 1.54) is 22.5 Å². The summed E-state index contributed by atoms with van der Waals surface area (Å²) in [6, 6.07) is 6.16. The lowest BCUT2D eigenvalue weighted by Gasteiger charge is -2.36. The van der Waals surface area contributed by atoms with Crippen LogP contribution in [0.1, 0.15) is 12.8 Å². The Morgan fingerprint density at radius 2 is 1.77 bits per heavy atom. The van der Waals surface area contributed by atoms with Gasteiger partial charge >= 0.3 is 0 Å². The van der Waals surface area contributed by atoms with Crippen LogP contribution in [0.25, 0.3) is 0 Å². The normalized spacial score (nSPS) is 19.4. The summed E-state index contributed by atoms with van der Waals surface area (Å²) in [5.41, 5.74) is 0.272. The van der Waals surface area contributed by atoms with Gasteiger partial charge in [-0.2, -0.15) is 9.57 Å². The largest absolute Gasteiger partial charge is 0.368 e. The topological polar surface area (TPSA) is 111 Å². The molecule has 0 spiro atoms. The molecule has 0 saturated carbocycles. The Morgan fingerprint density at radius 3 is 2.35 bits per heavy atom. The van der Waals surface area contributed by atoms with Crippen LogP contribution in [0.5, 0.6) is 0 Å². The first-order valence-electron chi connectivity index (χ1n) is 8.56. The number of anilines is 1. The van der Waals surface area contributed by atoms with Crippen molar-refractivity contribution in [1.82, 2.24) is 9.21 Å². The Hall–Kier alpha value is -2.22. The number of rotatable bonds is 5. The van der Waals surface area contributed by atoms with E-state index in [9.17, 15) is 18.5 Å². The standard InChI is InChI=1S/C16H21N5O4S/c17-5-8-18-9-11-19(12-10-18)15-4-3-14(21(22)23)13-16(15)26(24,25)20-6-1-2-7-20/h3-4,13H,1-2,6-12H2. The van der Waals surface area contributed by atoms with Crippen molar-refractivity contribution in [3.8, 4) is 6.07 Å². The van der Waals surface area contributed by atoms with Gasteiger partial charge in [-0.3, -0.25) is 15.0 Å². The molecule has 3 rings (SSSR count). The second-order valence-corrected chi connectivity index (χ2v) is 8.35. The maximum absolute atomic E-state index is 13.1. The molecule has 1 aromatic carbocycles. The molecular weight excluding hydrogens is 358 g/mol. The minimum absolute atomic E-state index is 0.00216. The highest BCUT2D eigenvalue weighted by Gasteiger charge is 2.33. The van der Waals surface area contributed by atoms with E-state index in [0.717, 1.165) is 12.8 Å². The molecular formula is C16H21N5O4S. The van der Waals surface area contributed by atoms with Crippen LogP contribution >= 0.6 is 0 Å². The second-order valence-electron chi connectivity index (χ2n) is 6.44. The molecule has 0 atom stereocenters. The summed E-state index contributed by atoms with van der Waals surface area (Å²) in [5.74, 6) is 0. The molecule has 26 heavy (non-hydrogen) atoms. The number of benzene rings is 1. The first kappa shape index (κ1) is 18.6. The monoisotopic (exact) mass is 379 g/mol. The van der Waals surface area contributed by atoms with Gasteiger partial charge in [-0.1, -0.05) is 0 Å². The van der Waals surface area contributed by atoms with Crippen LogP contribution in [0.15, 0.2) is 23.1 Å². The molecule has 1 aromatic rings. The zero-order valence-electron chi connectivity index (χ0n) is 14.4. The average molecular weight is 379 g/mol. The summed E-state index contributed by atoms with van der Waals surface area (Å²) in [5, 5.41) is 20.0. The third-order valence-corrected chi connectivity index (χ3v) is 6.77. The number of nitro benzene ring substituents is 1. The summed E-state index contributed by atoms with van der Waals surface area (Å²) in [4.78, 5) is 14.5. The maximum Gasteiger partial charge on any atom is 0.270 e. The van der Waals surface area contributed by atoms with E-state index >= 15 is 0 Å². The molecule has 2 saturated heterocycles. The number of hydrogen-bond donors (Lipinski definition) is 0. The van der Waals surface area contributed by atoms with Crippen molar-refractivity contribution >= 4 is 21.4 Å². The summed E-state index contributed by atoms with van der Waals surface area (Å²) < 4.78 is 27.5. The molecule has 0 radical (unpaired) electrons. The minimum atomic E-state index is -3.78. The first-order chi connectivity index (χ1) is 12.4. The Labute approximate surface area is 152 Å². The first-order valence-corrected chi connectivity index (χ1v) is 10.0. The van der Waals surface area contributed by atoms with Gasteiger partial charge < -0.3 is 4.90 Å². The molecule has 2 aliphatic rings. The van der Waals surface area contributed by atoms with Gasteiger partial charge in [0.25, 0.3) is 5.69 Å². The SMILES string of the molecule is N#CCN1CCN(c2ccc([N+](=O)[O-])cc2S(=O)(=O)N2CCCC2)CC1. The highest BCUT2D eigenvalue weighted by molar-refractivity contribution is 7.89. The van der Waals surface area contributed by atoms with Crippen molar-refractivity contribution in [3.05, 3.63) is 28.3 Å². The van der Waals surface area contributed by atoms with Crippen LogP contribution in [0.3, 0.4) is 0 Å². The average Bonchev–Trinajstić information content (AvgIpc) is 3.18. The molecule has 0 unspecified atom stereocenters. The van der Waals surface area contributed by atoms with Crippen molar-refractivity contribution in [2.75, 3.05) is 50.7 Å². The van der Waals surface area contributed by atoms with Crippen LogP contribution in [0.2, 0.25) is 0 Å². The summed E-state index contributed by atoms with van der Waals surface area (Å²) in [6.45, 7) is 3.67. The number of piperazine rings is 1. The Bertz CT molecular complexity index is 822. The van der Waals surface area contributed by atoms with E-state index in [-0.39, 0.29) is 10.6 Å². The van der Waals surface area contributed by atoms with Gasteiger partial charge in [0.2, 0.25) is 10.0 Å².